The fourth-order valence-corrected chi connectivity index (χ4v) is 2.75. The molecule has 3 aromatic carbocycles. The van der Waals surface area contributed by atoms with Crippen molar-refractivity contribution in [3.63, 3.8) is 0 Å². The lowest BCUT2D eigenvalue weighted by Gasteiger charge is -2.08. The average Bonchev–Trinajstić information content (AvgIpc) is 2.60. The van der Waals surface area contributed by atoms with Crippen LogP contribution in [-0.4, -0.2) is 17.0 Å². The van der Waals surface area contributed by atoms with Gasteiger partial charge in [-0.1, -0.05) is 54.6 Å². The van der Waals surface area contributed by atoms with Gasteiger partial charge in [-0.3, -0.25) is 4.79 Å². The maximum Gasteiger partial charge on any atom is 0.336 e. The molecule has 1 amide bonds. The number of carboxylic acid groups (broad SMARTS) is 1. The number of nitrogens with one attached hydrogen (secondary N) is 1. The van der Waals surface area contributed by atoms with Crippen LogP contribution in [0.15, 0.2) is 66.7 Å². The minimum absolute atomic E-state index is 0.148. The third kappa shape index (κ3) is 3.75. The molecule has 2 N–H and O–H groups in total. The monoisotopic (exact) mass is 331 g/mol. The average molecular weight is 331 g/mol. The molecular weight excluding hydrogens is 314 g/mol. The molecule has 4 heteroatoms. The minimum Gasteiger partial charge on any atom is -0.478 e. The predicted molar refractivity (Wildman–Crippen MR) is 100 cm³/mol. The maximum absolute atomic E-state index is 11.8. The van der Waals surface area contributed by atoms with Crippen molar-refractivity contribution >= 4 is 40.0 Å². The molecule has 0 aliphatic carbocycles. The number of hydrogen-bond donors (Lipinski definition) is 2. The summed E-state index contributed by atoms with van der Waals surface area (Å²) in [4.78, 5) is 22.9. The van der Waals surface area contributed by atoms with Crippen LogP contribution < -0.4 is 5.32 Å². The quantitative estimate of drug-likeness (QED) is 0.549. The standard InChI is InChI=1S/C21H17NO3/c1-14(23)22-17-11-9-15(10-12-17)13-20(21(24)25)19-8-4-6-16-5-2-3-7-18(16)19/h2-13H,1H3,(H,22,23)(H,24,25)/b20-13-. The van der Waals surface area contributed by atoms with Crippen LogP contribution in [0.25, 0.3) is 22.4 Å². The molecule has 4 nitrogen and oxygen atoms in total. The second-order valence-corrected chi connectivity index (χ2v) is 5.69. The number of carbonyl (C=O) groups excluding carboxylic acids is 1. The first-order chi connectivity index (χ1) is 12.0. The van der Waals surface area contributed by atoms with Crippen molar-refractivity contribution in [2.24, 2.45) is 0 Å². The molecule has 0 bridgehead atoms. The molecule has 124 valence electrons. The molecule has 0 radical (unpaired) electrons. The van der Waals surface area contributed by atoms with E-state index in [9.17, 15) is 14.7 Å². The Kier molecular flexibility index (Phi) is 4.61. The van der Waals surface area contributed by atoms with Gasteiger partial charge in [0.25, 0.3) is 0 Å². The third-order valence-electron chi connectivity index (χ3n) is 3.85. The first-order valence-electron chi connectivity index (χ1n) is 7.85. The minimum atomic E-state index is -0.984. The number of aliphatic carboxylic acids is 1. The van der Waals surface area contributed by atoms with Crippen LogP contribution in [0.3, 0.4) is 0 Å². The van der Waals surface area contributed by atoms with E-state index in [1.54, 1.807) is 30.3 Å². The molecule has 0 aliphatic heterocycles. The maximum atomic E-state index is 11.8. The summed E-state index contributed by atoms with van der Waals surface area (Å²) in [5.41, 5.74) is 2.33. The van der Waals surface area contributed by atoms with Gasteiger partial charge in [-0.05, 0) is 40.1 Å². The molecule has 0 saturated carbocycles. The lowest BCUT2D eigenvalue weighted by Crippen LogP contribution is -2.05. The van der Waals surface area contributed by atoms with Gasteiger partial charge in [0, 0.05) is 12.6 Å². The summed E-state index contributed by atoms with van der Waals surface area (Å²) < 4.78 is 0. The molecule has 0 spiro atoms. The van der Waals surface area contributed by atoms with E-state index in [1.165, 1.54) is 6.92 Å². The lowest BCUT2D eigenvalue weighted by molar-refractivity contribution is -0.130. The number of rotatable bonds is 4. The molecule has 3 aromatic rings. The zero-order chi connectivity index (χ0) is 17.8. The Balaban J connectivity index is 2.05. The highest BCUT2D eigenvalue weighted by Crippen LogP contribution is 2.27. The van der Waals surface area contributed by atoms with Gasteiger partial charge >= 0.3 is 5.97 Å². The number of benzene rings is 3. The number of anilines is 1. The number of amides is 1. The highest BCUT2D eigenvalue weighted by atomic mass is 16.4. The highest BCUT2D eigenvalue weighted by molar-refractivity contribution is 6.23. The Morgan fingerprint density at radius 3 is 2.28 bits per heavy atom. The van der Waals surface area contributed by atoms with E-state index in [-0.39, 0.29) is 11.5 Å². The summed E-state index contributed by atoms with van der Waals surface area (Å²) in [5, 5.41) is 14.3. The fourth-order valence-electron chi connectivity index (χ4n) is 2.75. The van der Waals surface area contributed by atoms with Crippen molar-refractivity contribution < 1.29 is 14.7 Å². The van der Waals surface area contributed by atoms with E-state index in [4.69, 9.17) is 0 Å². The molecule has 3 rings (SSSR count). The van der Waals surface area contributed by atoms with Crippen molar-refractivity contribution in [2.75, 3.05) is 5.32 Å². The fraction of sp³-hybridized carbons (Fsp3) is 0.0476. The highest BCUT2D eigenvalue weighted by Gasteiger charge is 2.13. The van der Waals surface area contributed by atoms with Crippen molar-refractivity contribution in [3.8, 4) is 0 Å². The Hall–Kier alpha value is -3.40. The van der Waals surface area contributed by atoms with Gasteiger partial charge in [0.15, 0.2) is 0 Å². The second kappa shape index (κ2) is 7.01. The molecule has 0 aromatic heterocycles. The van der Waals surface area contributed by atoms with E-state index in [0.717, 1.165) is 16.3 Å². The van der Waals surface area contributed by atoms with Crippen LogP contribution >= 0.6 is 0 Å². The summed E-state index contributed by atoms with van der Waals surface area (Å²) in [6.45, 7) is 1.44. The molecule has 0 aliphatic rings. The molecule has 0 unspecified atom stereocenters. The first-order valence-corrected chi connectivity index (χ1v) is 7.85. The Morgan fingerprint density at radius 2 is 1.60 bits per heavy atom. The number of hydrogen-bond acceptors (Lipinski definition) is 2. The summed E-state index contributed by atoms with van der Waals surface area (Å²) in [6, 6.07) is 20.4. The summed E-state index contributed by atoms with van der Waals surface area (Å²) >= 11 is 0. The third-order valence-corrected chi connectivity index (χ3v) is 3.85. The SMILES string of the molecule is CC(=O)Nc1ccc(/C=C(\C(=O)O)c2cccc3ccccc23)cc1. The first kappa shape index (κ1) is 16.5. The summed E-state index contributed by atoms with van der Waals surface area (Å²) in [5.74, 6) is -1.13. The van der Waals surface area contributed by atoms with Crippen LogP contribution in [0, 0.1) is 0 Å². The topological polar surface area (TPSA) is 66.4 Å². The van der Waals surface area contributed by atoms with Gasteiger partial charge in [0.1, 0.15) is 0 Å². The normalized spacial score (nSPS) is 11.3. The summed E-state index contributed by atoms with van der Waals surface area (Å²) in [7, 11) is 0. The van der Waals surface area contributed by atoms with Gasteiger partial charge in [-0.25, -0.2) is 4.79 Å². The van der Waals surface area contributed by atoms with Crippen LogP contribution in [0.1, 0.15) is 18.1 Å². The molecule has 0 heterocycles. The lowest BCUT2D eigenvalue weighted by atomic mass is 9.96. The van der Waals surface area contributed by atoms with Crippen molar-refractivity contribution in [2.45, 2.75) is 6.92 Å². The van der Waals surface area contributed by atoms with Crippen LogP contribution in [0.2, 0.25) is 0 Å². The van der Waals surface area contributed by atoms with E-state index < -0.39 is 5.97 Å². The molecule has 0 saturated heterocycles. The Morgan fingerprint density at radius 1 is 0.920 bits per heavy atom. The van der Waals surface area contributed by atoms with Crippen molar-refractivity contribution in [1.29, 1.82) is 0 Å². The predicted octanol–water partition coefficient (Wildman–Crippen LogP) is 4.42. The van der Waals surface area contributed by atoms with Gasteiger partial charge < -0.3 is 10.4 Å². The Bertz CT molecular complexity index is 967. The number of carboxylic acids is 1. The van der Waals surface area contributed by atoms with Crippen LogP contribution in [-0.2, 0) is 9.59 Å². The van der Waals surface area contributed by atoms with Gasteiger partial charge in [-0.15, -0.1) is 0 Å². The molecule has 25 heavy (non-hydrogen) atoms. The zero-order valence-corrected chi connectivity index (χ0v) is 13.7. The van der Waals surface area contributed by atoms with E-state index in [0.29, 0.717) is 11.3 Å². The molecular formula is C21H17NO3. The smallest absolute Gasteiger partial charge is 0.336 e. The van der Waals surface area contributed by atoms with Gasteiger partial charge in [-0.2, -0.15) is 0 Å². The summed E-state index contributed by atoms with van der Waals surface area (Å²) in [6.07, 6.45) is 1.64. The number of carbonyl (C=O) groups is 2. The largest absolute Gasteiger partial charge is 0.478 e. The van der Waals surface area contributed by atoms with E-state index in [2.05, 4.69) is 5.32 Å². The Labute approximate surface area is 145 Å². The second-order valence-electron chi connectivity index (χ2n) is 5.69. The molecule has 0 fully saturated rings. The van der Waals surface area contributed by atoms with E-state index in [1.807, 2.05) is 42.5 Å². The van der Waals surface area contributed by atoms with Crippen LogP contribution in [0.5, 0.6) is 0 Å². The van der Waals surface area contributed by atoms with Gasteiger partial charge in [0.05, 0.1) is 5.57 Å². The van der Waals surface area contributed by atoms with Crippen LogP contribution in [0.4, 0.5) is 5.69 Å². The zero-order valence-electron chi connectivity index (χ0n) is 13.7. The van der Waals surface area contributed by atoms with Gasteiger partial charge in [0.2, 0.25) is 5.91 Å². The molecule has 0 atom stereocenters. The van der Waals surface area contributed by atoms with E-state index >= 15 is 0 Å². The van der Waals surface area contributed by atoms with Crippen molar-refractivity contribution in [3.05, 3.63) is 77.9 Å². The number of fused-ring (bicyclic) bond motifs is 1. The van der Waals surface area contributed by atoms with Crippen molar-refractivity contribution in [1.82, 2.24) is 0 Å².